The standard InChI is InChI=1S/C32H31NO5/c1-21-29(32(35)38-20-23-12-7-4-8-13-23)30(31-25(33-21)14-9-15-26(31)34)24-16-17-27(28(18-24)36-2)37-19-22-10-5-3-6-11-22/h3-8,10-13,16-18,29-30,33H,1,9,14-15,19-20H2,2H3. The molecule has 0 radical (unpaired) electrons. The molecule has 1 N–H and O–H groups in total. The van der Waals surface area contributed by atoms with Crippen LogP contribution in [0.15, 0.2) is 102 Å². The zero-order chi connectivity index (χ0) is 26.5. The molecular formula is C32H31NO5. The fraction of sp³-hybridized carbons (Fsp3) is 0.250. The van der Waals surface area contributed by atoms with Crippen LogP contribution in [0.5, 0.6) is 11.5 Å². The first kappa shape index (κ1) is 25.3. The summed E-state index contributed by atoms with van der Waals surface area (Å²) in [5.41, 5.74) is 4.71. The van der Waals surface area contributed by atoms with Gasteiger partial charge in [-0.2, -0.15) is 0 Å². The van der Waals surface area contributed by atoms with Crippen LogP contribution in [0.25, 0.3) is 0 Å². The summed E-state index contributed by atoms with van der Waals surface area (Å²) in [7, 11) is 1.58. The molecule has 0 aromatic heterocycles. The molecule has 6 nitrogen and oxygen atoms in total. The second kappa shape index (κ2) is 11.4. The number of hydrogen-bond donors (Lipinski definition) is 1. The molecule has 3 aromatic carbocycles. The molecule has 1 aliphatic heterocycles. The Hall–Kier alpha value is -4.32. The number of hydrogen-bond acceptors (Lipinski definition) is 6. The molecule has 194 valence electrons. The average molecular weight is 510 g/mol. The van der Waals surface area contributed by atoms with E-state index >= 15 is 0 Å². The maximum Gasteiger partial charge on any atom is 0.316 e. The van der Waals surface area contributed by atoms with Gasteiger partial charge in [0, 0.05) is 29.3 Å². The van der Waals surface area contributed by atoms with Crippen LogP contribution < -0.4 is 14.8 Å². The number of esters is 1. The number of allylic oxidation sites excluding steroid dienone is 2. The van der Waals surface area contributed by atoms with Crippen LogP contribution in [0.1, 0.15) is 41.9 Å². The van der Waals surface area contributed by atoms with Gasteiger partial charge in [0.15, 0.2) is 17.3 Å². The first-order valence-electron chi connectivity index (χ1n) is 12.8. The maximum atomic E-state index is 13.5. The number of Topliss-reactive ketones (excluding diaryl/α,β-unsaturated/α-hetero) is 1. The van der Waals surface area contributed by atoms with E-state index in [1.807, 2.05) is 78.9 Å². The summed E-state index contributed by atoms with van der Waals surface area (Å²) in [5.74, 6) is -0.568. The molecule has 6 heteroatoms. The number of rotatable bonds is 8. The molecule has 0 saturated heterocycles. The molecule has 0 amide bonds. The van der Waals surface area contributed by atoms with Crippen molar-refractivity contribution < 1.29 is 23.8 Å². The summed E-state index contributed by atoms with van der Waals surface area (Å²) < 4.78 is 17.5. The van der Waals surface area contributed by atoms with Crippen molar-refractivity contribution in [2.24, 2.45) is 5.92 Å². The van der Waals surface area contributed by atoms with Crippen molar-refractivity contribution in [2.45, 2.75) is 38.4 Å². The number of benzene rings is 3. The van der Waals surface area contributed by atoms with Crippen molar-refractivity contribution in [3.8, 4) is 11.5 Å². The Morgan fingerprint density at radius 1 is 0.921 bits per heavy atom. The van der Waals surface area contributed by atoms with E-state index in [1.165, 1.54) is 0 Å². The molecule has 3 aromatic rings. The number of nitrogens with one attached hydrogen (secondary N) is 1. The average Bonchev–Trinajstić information content (AvgIpc) is 2.95. The topological polar surface area (TPSA) is 73.9 Å². The van der Waals surface area contributed by atoms with Gasteiger partial charge in [0.25, 0.3) is 0 Å². The van der Waals surface area contributed by atoms with Crippen molar-refractivity contribution in [2.75, 3.05) is 7.11 Å². The Labute approximate surface area is 222 Å². The number of methoxy groups -OCH3 is 1. The molecule has 2 atom stereocenters. The van der Waals surface area contributed by atoms with Crippen molar-refractivity contribution in [3.05, 3.63) is 119 Å². The van der Waals surface area contributed by atoms with E-state index in [1.54, 1.807) is 7.11 Å². The van der Waals surface area contributed by atoms with Gasteiger partial charge in [0.05, 0.1) is 7.11 Å². The second-order valence-electron chi connectivity index (χ2n) is 9.55. The summed E-state index contributed by atoms with van der Waals surface area (Å²) in [6, 6.07) is 25.0. The predicted molar refractivity (Wildman–Crippen MR) is 144 cm³/mol. The van der Waals surface area contributed by atoms with Gasteiger partial charge in [-0.05, 0) is 41.7 Å². The second-order valence-corrected chi connectivity index (χ2v) is 9.55. The van der Waals surface area contributed by atoms with Gasteiger partial charge in [0.2, 0.25) is 0 Å². The van der Waals surface area contributed by atoms with Gasteiger partial charge in [0.1, 0.15) is 19.1 Å². The van der Waals surface area contributed by atoms with Crippen LogP contribution >= 0.6 is 0 Å². The van der Waals surface area contributed by atoms with Crippen LogP contribution in [0.3, 0.4) is 0 Å². The largest absolute Gasteiger partial charge is 0.493 e. The van der Waals surface area contributed by atoms with E-state index in [-0.39, 0.29) is 12.4 Å². The fourth-order valence-electron chi connectivity index (χ4n) is 5.18. The normalized spacial score (nSPS) is 18.9. The molecule has 0 saturated carbocycles. The third kappa shape index (κ3) is 5.35. The first-order chi connectivity index (χ1) is 18.5. The van der Waals surface area contributed by atoms with Gasteiger partial charge in [-0.15, -0.1) is 0 Å². The fourth-order valence-corrected chi connectivity index (χ4v) is 5.18. The lowest BCUT2D eigenvalue weighted by Gasteiger charge is -2.38. The van der Waals surface area contributed by atoms with Gasteiger partial charge >= 0.3 is 5.97 Å². The SMILES string of the molecule is C=C1NC2=C(C(=O)CCC2)C(c2ccc(OCc3ccccc3)c(OC)c2)C1C(=O)OCc1ccccc1. The zero-order valence-corrected chi connectivity index (χ0v) is 21.4. The van der Waals surface area contributed by atoms with Crippen LogP contribution in [0, 0.1) is 5.92 Å². The van der Waals surface area contributed by atoms with Gasteiger partial charge < -0.3 is 19.5 Å². The minimum Gasteiger partial charge on any atom is -0.493 e. The van der Waals surface area contributed by atoms with Gasteiger partial charge in [-0.1, -0.05) is 73.3 Å². The van der Waals surface area contributed by atoms with E-state index in [9.17, 15) is 9.59 Å². The highest BCUT2D eigenvalue weighted by molar-refractivity contribution is 6.00. The lowest BCUT2D eigenvalue weighted by molar-refractivity contribution is -0.149. The zero-order valence-electron chi connectivity index (χ0n) is 21.4. The molecule has 2 aliphatic rings. The molecule has 0 spiro atoms. The molecule has 1 aliphatic carbocycles. The quantitative estimate of drug-likeness (QED) is 0.385. The number of carbonyl (C=O) groups is 2. The third-order valence-corrected chi connectivity index (χ3v) is 7.05. The Balaban J connectivity index is 1.47. The monoisotopic (exact) mass is 509 g/mol. The molecule has 38 heavy (non-hydrogen) atoms. The summed E-state index contributed by atoms with van der Waals surface area (Å²) >= 11 is 0. The van der Waals surface area contributed by atoms with Crippen LogP contribution in [-0.4, -0.2) is 18.9 Å². The lowest BCUT2D eigenvalue weighted by Crippen LogP contribution is -2.41. The molecule has 0 bridgehead atoms. The maximum absolute atomic E-state index is 13.5. The Kier molecular flexibility index (Phi) is 7.59. The van der Waals surface area contributed by atoms with E-state index in [0.717, 1.165) is 35.2 Å². The summed E-state index contributed by atoms with van der Waals surface area (Å²) in [5, 5.41) is 3.26. The summed E-state index contributed by atoms with van der Waals surface area (Å²) in [6.07, 6.45) is 1.95. The van der Waals surface area contributed by atoms with Crippen LogP contribution in [0.4, 0.5) is 0 Å². The molecule has 5 rings (SSSR count). The Bertz CT molecular complexity index is 1360. The molecular weight excluding hydrogens is 478 g/mol. The third-order valence-electron chi connectivity index (χ3n) is 7.05. The van der Waals surface area contributed by atoms with Crippen molar-refractivity contribution in [3.63, 3.8) is 0 Å². The van der Waals surface area contributed by atoms with Crippen molar-refractivity contribution >= 4 is 11.8 Å². The van der Waals surface area contributed by atoms with E-state index in [4.69, 9.17) is 14.2 Å². The highest BCUT2D eigenvalue weighted by atomic mass is 16.5. The minimum absolute atomic E-state index is 0.0421. The molecule has 1 heterocycles. The highest BCUT2D eigenvalue weighted by Crippen LogP contribution is 2.46. The van der Waals surface area contributed by atoms with Crippen LogP contribution in [0.2, 0.25) is 0 Å². The van der Waals surface area contributed by atoms with E-state index in [2.05, 4.69) is 11.9 Å². The van der Waals surface area contributed by atoms with Crippen molar-refractivity contribution in [1.29, 1.82) is 0 Å². The van der Waals surface area contributed by atoms with Crippen LogP contribution in [-0.2, 0) is 27.5 Å². The molecule has 0 fully saturated rings. The molecule has 2 unspecified atom stereocenters. The Morgan fingerprint density at radius 3 is 2.29 bits per heavy atom. The predicted octanol–water partition coefficient (Wildman–Crippen LogP) is 5.84. The van der Waals surface area contributed by atoms with Gasteiger partial charge in [-0.25, -0.2) is 0 Å². The minimum atomic E-state index is -0.764. The van der Waals surface area contributed by atoms with E-state index in [0.29, 0.717) is 35.8 Å². The van der Waals surface area contributed by atoms with Gasteiger partial charge in [-0.3, -0.25) is 9.59 Å². The summed E-state index contributed by atoms with van der Waals surface area (Å²) in [6.45, 7) is 4.71. The summed E-state index contributed by atoms with van der Waals surface area (Å²) in [4.78, 5) is 26.7. The first-order valence-corrected chi connectivity index (χ1v) is 12.8. The number of ketones is 1. The van der Waals surface area contributed by atoms with Crippen molar-refractivity contribution in [1.82, 2.24) is 5.32 Å². The smallest absolute Gasteiger partial charge is 0.316 e. The number of ether oxygens (including phenoxy) is 3. The van der Waals surface area contributed by atoms with E-state index < -0.39 is 17.8 Å². The highest BCUT2D eigenvalue weighted by Gasteiger charge is 2.44. The lowest BCUT2D eigenvalue weighted by atomic mass is 9.71. The number of carbonyl (C=O) groups excluding carboxylic acids is 2. The Morgan fingerprint density at radius 2 is 1.61 bits per heavy atom.